The van der Waals surface area contributed by atoms with Crippen LogP contribution in [0.4, 0.5) is 0 Å². The smallest absolute Gasteiger partial charge is 0.328 e. The van der Waals surface area contributed by atoms with E-state index < -0.39 is 60.4 Å². The van der Waals surface area contributed by atoms with Crippen LogP contribution in [0.1, 0.15) is 38.2 Å². The van der Waals surface area contributed by atoms with Gasteiger partial charge in [-0.1, -0.05) is 18.2 Å². The number of para-hydroxylation sites is 1. The van der Waals surface area contributed by atoms with Crippen molar-refractivity contribution in [3.63, 3.8) is 0 Å². The lowest BCUT2D eigenvalue weighted by Crippen LogP contribution is -2.58. The largest absolute Gasteiger partial charge is 0.481 e. The number of aromatic nitrogens is 1. The number of rotatable bonds is 13. The maximum absolute atomic E-state index is 13.4. The maximum Gasteiger partial charge on any atom is 0.328 e. The van der Waals surface area contributed by atoms with Gasteiger partial charge in [0.1, 0.15) is 12.1 Å². The molecule has 8 N–H and O–H groups in total. The highest BCUT2D eigenvalue weighted by Gasteiger charge is 2.33. The fourth-order valence-corrected chi connectivity index (χ4v) is 4.36. The molecule has 1 aliphatic rings. The summed E-state index contributed by atoms with van der Waals surface area (Å²) in [6.07, 6.45) is 0.940. The third-order valence-corrected chi connectivity index (χ3v) is 6.43. The van der Waals surface area contributed by atoms with Crippen LogP contribution >= 0.6 is 0 Å². The molecule has 0 aliphatic carbocycles. The van der Waals surface area contributed by atoms with Crippen molar-refractivity contribution < 1.29 is 39.3 Å². The second-order valence-corrected chi connectivity index (χ2v) is 9.33. The number of H-pyrrole nitrogens is 1. The zero-order valence-corrected chi connectivity index (χ0v) is 20.9. The Labute approximate surface area is 218 Å². The van der Waals surface area contributed by atoms with Crippen LogP contribution in [0.25, 0.3) is 10.9 Å². The standard InChI is InChI=1S/C25H33N5O8/c1-13(31)21(25(37)38)30-23(35)18(8-9-20(32)33)28-24(36)19(29-22(34)17-7-4-10-26-17)11-14-12-27-16-6-3-2-5-15(14)16/h2-3,5-6,12-13,17-19,21,26-27,31H,4,7-11H2,1H3,(H,28,36)(H,29,34)(H,30,35)(H,32,33)(H,37,38). The topological polar surface area (TPSA) is 210 Å². The highest BCUT2D eigenvalue weighted by Crippen LogP contribution is 2.19. The number of benzene rings is 1. The van der Waals surface area contributed by atoms with Crippen LogP contribution in [0.2, 0.25) is 0 Å². The maximum atomic E-state index is 13.4. The summed E-state index contributed by atoms with van der Waals surface area (Å²) in [5, 5.41) is 39.4. The molecule has 0 saturated carbocycles. The van der Waals surface area contributed by atoms with Crippen molar-refractivity contribution in [1.82, 2.24) is 26.3 Å². The van der Waals surface area contributed by atoms with Gasteiger partial charge in [-0.3, -0.25) is 19.2 Å². The van der Waals surface area contributed by atoms with Crippen molar-refractivity contribution in [3.8, 4) is 0 Å². The number of aliphatic carboxylic acids is 2. The number of carboxylic acid groups (broad SMARTS) is 2. The van der Waals surface area contributed by atoms with E-state index in [0.29, 0.717) is 13.0 Å². The summed E-state index contributed by atoms with van der Waals surface area (Å²) in [7, 11) is 0. The fraction of sp³-hybridized carbons (Fsp3) is 0.480. The zero-order valence-electron chi connectivity index (χ0n) is 20.9. The summed E-state index contributed by atoms with van der Waals surface area (Å²) in [5.41, 5.74) is 1.58. The lowest BCUT2D eigenvalue weighted by Gasteiger charge is -2.25. The molecule has 1 aromatic heterocycles. The number of aromatic amines is 1. The minimum absolute atomic E-state index is 0.0764. The highest BCUT2D eigenvalue weighted by molar-refractivity contribution is 5.95. The molecule has 3 rings (SSSR count). The molecule has 3 amide bonds. The van der Waals surface area contributed by atoms with Crippen LogP contribution in [0, 0.1) is 0 Å². The number of carboxylic acids is 2. The Hall–Kier alpha value is -3.97. The monoisotopic (exact) mass is 531 g/mol. The molecule has 13 nitrogen and oxygen atoms in total. The van der Waals surface area contributed by atoms with Gasteiger partial charge in [0.25, 0.3) is 0 Å². The Morgan fingerprint density at radius 2 is 1.74 bits per heavy atom. The van der Waals surface area contributed by atoms with E-state index in [1.54, 1.807) is 6.20 Å². The normalized spacial score (nSPS) is 18.2. The number of carbonyl (C=O) groups excluding carboxylic acids is 3. The van der Waals surface area contributed by atoms with E-state index in [-0.39, 0.29) is 18.7 Å². The second-order valence-electron chi connectivity index (χ2n) is 9.33. The van der Waals surface area contributed by atoms with E-state index >= 15 is 0 Å². The Kier molecular flexibility index (Phi) is 9.79. The predicted molar refractivity (Wildman–Crippen MR) is 135 cm³/mol. The van der Waals surface area contributed by atoms with E-state index in [4.69, 9.17) is 5.11 Å². The van der Waals surface area contributed by atoms with Gasteiger partial charge >= 0.3 is 11.9 Å². The molecule has 2 aromatic rings. The van der Waals surface area contributed by atoms with Crippen LogP contribution < -0.4 is 21.3 Å². The van der Waals surface area contributed by atoms with E-state index in [1.807, 2.05) is 24.3 Å². The molecule has 1 aromatic carbocycles. The molecule has 2 heterocycles. The minimum Gasteiger partial charge on any atom is -0.481 e. The van der Waals surface area contributed by atoms with Crippen LogP contribution in [-0.2, 0) is 30.4 Å². The lowest BCUT2D eigenvalue weighted by atomic mass is 10.0. The number of amides is 3. The third-order valence-electron chi connectivity index (χ3n) is 6.43. The molecule has 0 spiro atoms. The van der Waals surface area contributed by atoms with Gasteiger partial charge in [0.15, 0.2) is 6.04 Å². The summed E-state index contributed by atoms with van der Waals surface area (Å²) in [4.78, 5) is 64.8. The van der Waals surface area contributed by atoms with E-state index in [0.717, 1.165) is 22.9 Å². The second kappa shape index (κ2) is 13.0. The molecule has 5 atom stereocenters. The molecule has 38 heavy (non-hydrogen) atoms. The Bertz CT molecular complexity index is 1170. The summed E-state index contributed by atoms with van der Waals surface area (Å²) < 4.78 is 0. The van der Waals surface area contributed by atoms with Crippen LogP contribution in [0.5, 0.6) is 0 Å². The average molecular weight is 532 g/mol. The van der Waals surface area contributed by atoms with Crippen molar-refractivity contribution in [2.24, 2.45) is 0 Å². The Balaban J connectivity index is 1.82. The molecule has 13 heteroatoms. The number of hydrogen-bond acceptors (Lipinski definition) is 7. The van der Waals surface area contributed by atoms with Gasteiger partial charge in [0, 0.05) is 29.9 Å². The van der Waals surface area contributed by atoms with Crippen molar-refractivity contribution in [2.45, 2.75) is 69.3 Å². The third kappa shape index (κ3) is 7.52. The summed E-state index contributed by atoms with van der Waals surface area (Å²) in [6, 6.07) is 2.74. The van der Waals surface area contributed by atoms with E-state index in [1.165, 1.54) is 6.92 Å². The number of aliphatic hydroxyl groups is 1. The molecule has 0 radical (unpaired) electrons. The quantitative estimate of drug-likeness (QED) is 0.163. The molecular formula is C25H33N5O8. The van der Waals surface area contributed by atoms with Crippen LogP contribution in [-0.4, -0.2) is 86.8 Å². The average Bonchev–Trinajstić information content (AvgIpc) is 3.54. The van der Waals surface area contributed by atoms with E-state index in [9.17, 15) is 34.2 Å². The molecule has 1 fully saturated rings. The molecule has 1 saturated heterocycles. The first kappa shape index (κ1) is 28.6. The van der Waals surface area contributed by atoms with Gasteiger partial charge < -0.3 is 41.6 Å². The first-order valence-electron chi connectivity index (χ1n) is 12.4. The van der Waals surface area contributed by atoms with Gasteiger partial charge in [0.05, 0.1) is 12.1 Å². The number of aliphatic hydroxyl groups excluding tert-OH is 1. The van der Waals surface area contributed by atoms with Crippen molar-refractivity contribution in [3.05, 3.63) is 36.0 Å². The highest BCUT2D eigenvalue weighted by atomic mass is 16.4. The number of hydrogen-bond donors (Lipinski definition) is 8. The fourth-order valence-electron chi connectivity index (χ4n) is 4.36. The summed E-state index contributed by atoms with van der Waals surface area (Å²) >= 11 is 0. The van der Waals surface area contributed by atoms with Crippen LogP contribution in [0.3, 0.4) is 0 Å². The minimum atomic E-state index is -1.66. The molecule has 1 aliphatic heterocycles. The molecule has 5 unspecified atom stereocenters. The Morgan fingerprint density at radius 1 is 1.03 bits per heavy atom. The summed E-state index contributed by atoms with van der Waals surface area (Å²) in [5.74, 6) is -4.81. The van der Waals surface area contributed by atoms with Gasteiger partial charge in [-0.2, -0.15) is 0 Å². The van der Waals surface area contributed by atoms with Crippen molar-refractivity contribution in [2.75, 3.05) is 6.54 Å². The van der Waals surface area contributed by atoms with Gasteiger partial charge in [-0.15, -0.1) is 0 Å². The van der Waals surface area contributed by atoms with Gasteiger partial charge in [-0.05, 0) is 44.4 Å². The number of nitrogens with one attached hydrogen (secondary N) is 5. The molecule has 0 bridgehead atoms. The number of fused-ring (bicyclic) bond motifs is 1. The van der Waals surface area contributed by atoms with Gasteiger partial charge in [0.2, 0.25) is 17.7 Å². The predicted octanol–water partition coefficient (Wildman–Crippen LogP) is -0.753. The Morgan fingerprint density at radius 3 is 2.37 bits per heavy atom. The molecular weight excluding hydrogens is 498 g/mol. The zero-order chi connectivity index (χ0) is 27.8. The van der Waals surface area contributed by atoms with Crippen molar-refractivity contribution >= 4 is 40.6 Å². The van der Waals surface area contributed by atoms with Gasteiger partial charge in [-0.25, -0.2) is 4.79 Å². The molecule has 206 valence electrons. The van der Waals surface area contributed by atoms with Crippen LogP contribution in [0.15, 0.2) is 30.5 Å². The SMILES string of the molecule is CC(O)C(NC(=O)C(CCC(=O)O)NC(=O)C(Cc1c[nH]c2ccccc12)NC(=O)C1CCCN1)C(=O)O. The summed E-state index contributed by atoms with van der Waals surface area (Å²) in [6.45, 7) is 1.84. The van der Waals surface area contributed by atoms with E-state index in [2.05, 4.69) is 26.3 Å². The lowest BCUT2D eigenvalue weighted by molar-refractivity contribution is -0.145. The first-order valence-corrected chi connectivity index (χ1v) is 12.4. The van der Waals surface area contributed by atoms with Crippen molar-refractivity contribution in [1.29, 1.82) is 0 Å². The first-order chi connectivity index (χ1) is 18.1. The number of carbonyl (C=O) groups is 5.